The summed E-state index contributed by atoms with van der Waals surface area (Å²) in [5, 5.41) is 0.163. The molecule has 1 aromatic rings. The summed E-state index contributed by atoms with van der Waals surface area (Å²) in [5.41, 5.74) is 1.12. The lowest BCUT2D eigenvalue weighted by Gasteiger charge is -2.38. The highest BCUT2D eigenvalue weighted by atomic mass is 32.2. The first-order valence-electron chi connectivity index (χ1n) is 7.65. The van der Waals surface area contributed by atoms with Gasteiger partial charge in [0.25, 0.3) is 0 Å². The Morgan fingerprint density at radius 1 is 1.18 bits per heavy atom. The molecule has 2 aliphatic heterocycles. The van der Waals surface area contributed by atoms with E-state index in [1.807, 2.05) is 46.6 Å². The smallest absolute Gasteiger partial charge is 0.236 e. The summed E-state index contributed by atoms with van der Waals surface area (Å²) >= 11 is 3.72. The highest BCUT2D eigenvalue weighted by molar-refractivity contribution is 8.07. The van der Waals surface area contributed by atoms with Crippen molar-refractivity contribution in [1.82, 2.24) is 4.90 Å². The lowest BCUT2D eigenvalue weighted by molar-refractivity contribution is -0.130. The molecular weight excluding hydrogens is 316 g/mol. The van der Waals surface area contributed by atoms with Crippen molar-refractivity contribution in [3.63, 3.8) is 0 Å². The number of hydrogen-bond donors (Lipinski definition) is 0. The van der Waals surface area contributed by atoms with Crippen molar-refractivity contribution in [3.05, 3.63) is 24.3 Å². The second-order valence-electron chi connectivity index (χ2n) is 5.42. The van der Waals surface area contributed by atoms with E-state index >= 15 is 0 Å². The molecule has 1 atom stereocenters. The first-order valence-corrected chi connectivity index (χ1v) is 9.86. The lowest BCUT2D eigenvalue weighted by Crippen LogP contribution is -2.51. The van der Waals surface area contributed by atoms with Crippen LogP contribution < -0.4 is 9.64 Å². The van der Waals surface area contributed by atoms with Gasteiger partial charge in [-0.05, 0) is 12.1 Å². The van der Waals surface area contributed by atoms with Gasteiger partial charge in [0, 0.05) is 43.4 Å². The molecule has 2 aliphatic rings. The molecule has 2 fully saturated rings. The maximum absolute atomic E-state index is 12.6. The van der Waals surface area contributed by atoms with Crippen molar-refractivity contribution in [1.29, 1.82) is 0 Å². The highest BCUT2D eigenvalue weighted by Crippen LogP contribution is 2.29. The number of ether oxygens (including phenoxy) is 1. The van der Waals surface area contributed by atoms with Crippen molar-refractivity contribution >= 4 is 35.1 Å². The quantitative estimate of drug-likeness (QED) is 0.844. The van der Waals surface area contributed by atoms with Crippen LogP contribution in [0.1, 0.15) is 0 Å². The van der Waals surface area contributed by atoms with Gasteiger partial charge in [-0.2, -0.15) is 11.8 Å². The maximum atomic E-state index is 12.6. The fourth-order valence-electron chi connectivity index (χ4n) is 2.89. The number of piperazine rings is 1. The van der Waals surface area contributed by atoms with E-state index in [1.54, 1.807) is 7.11 Å². The van der Waals surface area contributed by atoms with Gasteiger partial charge in [-0.3, -0.25) is 4.79 Å². The standard InChI is InChI=1S/C16H22N2O2S2/c1-20-14-5-3-2-4-13(14)17-6-8-18(9-7-17)16(19)15-12-21-10-11-22-15/h2-5,15H,6-12H2,1H3. The number of thioether (sulfide) groups is 2. The molecule has 3 rings (SSSR count). The van der Waals surface area contributed by atoms with Crippen LogP contribution in [-0.4, -0.2) is 66.6 Å². The molecule has 0 spiro atoms. The first-order chi connectivity index (χ1) is 10.8. The van der Waals surface area contributed by atoms with Crippen LogP contribution in [0.5, 0.6) is 5.75 Å². The van der Waals surface area contributed by atoms with Gasteiger partial charge in [-0.15, -0.1) is 11.8 Å². The molecule has 120 valence electrons. The number of rotatable bonds is 3. The van der Waals surface area contributed by atoms with Crippen molar-refractivity contribution in [3.8, 4) is 5.75 Å². The second-order valence-corrected chi connectivity index (χ2v) is 7.88. The molecular formula is C16H22N2O2S2. The summed E-state index contributed by atoms with van der Waals surface area (Å²) in [7, 11) is 1.70. The average molecular weight is 338 g/mol. The van der Waals surface area contributed by atoms with Crippen LogP contribution in [0.3, 0.4) is 0 Å². The van der Waals surface area contributed by atoms with Crippen molar-refractivity contribution in [2.75, 3.05) is 55.4 Å². The largest absolute Gasteiger partial charge is 0.495 e. The number of carbonyl (C=O) groups excluding carboxylic acids is 1. The molecule has 1 unspecified atom stereocenters. The molecule has 4 nitrogen and oxygen atoms in total. The van der Waals surface area contributed by atoms with E-state index < -0.39 is 0 Å². The zero-order valence-corrected chi connectivity index (χ0v) is 14.5. The molecule has 0 radical (unpaired) electrons. The number of methoxy groups -OCH3 is 1. The summed E-state index contributed by atoms with van der Waals surface area (Å²) in [6, 6.07) is 8.10. The molecule has 6 heteroatoms. The van der Waals surface area contributed by atoms with E-state index in [0.29, 0.717) is 5.91 Å². The third kappa shape index (κ3) is 3.49. The molecule has 0 aromatic heterocycles. The highest BCUT2D eigenvalue weighted by Gasteiger charge is 2.29. The monoisotopic (exact) mass is 338 g/mol. The van der Waals surface area contributed by atoms with Gasteiger partial charge in [0.1, 0.15) is 5.75 Å². The van der Waals surface area contributed by atoms with Gasteiger partial charge in [-0.25, -0.2) is 0 Å². The molecule has 2 heterocycles. The number of amides is 1. The number of anilines is 1. The van der Waals surface area contributed by atoms with E-state index in [9.17, 15) is 4.79 Å². The number of para-hydroxylation sites is 2. The molecule has 0 saturated carbocycles. The molecule has 0 aliphatic carbocycles. The summed E-state index contributed by atoms with van der Waals surface area (Å²) in [6.45, 7) is 3.35. The van der Waals surface area contributed by atoms with Crippen molar-refractivity contribution < 1.29 is 9.53 Å². The predicted molar refractivity (Wildman–Crippen MR) is 95.4 cm³/mol. The zero-order chi connectivity index (χ0) is 15.4. The van der Waals surface area contributed by atoms with Crippen LogP contribution in [0, 0.1) is 0 Å². The van der Waals surface area contributed by atoms with Crippen LogP contribution in [0.4, 0.5) is 5.69 Å². The Labute approximate surface area is 140 Å². The third-order valence-electron chi connectivity index (χ3n) is 4.11. The minimum Gasteiger partial charge on any atom is -0.495 e. The topological polar surface area (TPSA) is 32.8 Å². The molecule has 22 heavy (non-hydrogen) atoms. The normalized spacial score (nSPS) is 22.5. The van der Waals surface area contributed by atoms with E-state index in [-0.39, 0.29) is 5.25 Å². The molecule has 0 N–H and O–H groups in total. The van der Waals surface area contributed by atoms with Gasteiger partial charge in [0.2, 0.25) is 5.91 Å². The minimum atomic E-state index is 0.163. The van der Waals surface area contributed by atoms with Gasteiger partial charge < -0.3 is 14.5 Å². The molecule has 0 bridgehead atoms. The second kappa shape index (κ2) is 7.51. The molecule has 2 saturated heterocycles. The zero-order valence-electron chi connectivity index (χ0n) is 12.9. The number of hydrogen-bond acceptors (Lipinski definition) is 5. The fourth-order valence-corrected chi connectivity index (χ4v) is 5.52. The Kier molecular flexibility index (Phi) is 5.41. The van der Waals surface area contributed by atoms with Crippen LogP contribution in [0.15, 0.2) is 24.3 Å². The van der Waals surface area contributed by atoms with E-state index in [4.69, 9.17) is 4.74 Å². The van der Waals surface area contributed by atoms with E-state index in [0.717, 1.165) is 49.1 Å². The van der Waals surface area contributed by atoms with Gasteiger partial charge in [-0.1, -0.05) is 12.1 Å². The van der Waals surface area contributed by atoms with Gasteiger partial charge in [0.15, 0.2) is 0 Å². The first kappa shape index (κ1) is 15.9. The third-order valence-corrected chi connectivity index (χ3v) is 6.85. The average Bonchev–Trinajstić information content (AvgIpc) is 2.62. The summed E-state index contributed by atoms with van der Waals surface area (Å²) in [5.74, 6) is 4.48. The van der Waals surface area contributed by atoms with Crippen molar-refractivity contribution in [2.45, 2.75) is 5.25 Å². The SMILES string of the molecule is COc1ccccc1N1CCN(C(=O)C2CSCCS2)CC1. The van der Waals surface area contributed by atoms with Crippen molar-refractivity contribution in [2.24, 2.45) is 0 Å². The number of carbonyl (C=O) groups is 1. The van der Waals surface area contributed by atoms with E-state index in [1.165, 1.54) is 5.75 Å². The van der Waals surface area contributed by atoms with Gasteiger partial charge >= 0.3 is 0 Å². The van der Waals surface area contributed by atoms with E-state index in [2.05, 4.69) is 11.0 Å². The van der Waals surface area contributed by atoms with Gasteiger partial charge in [0.05, 0.1) is 18.0 Å². The summed E-state index contributed by atoms with van der Waals surface area (Å²) in [6.07, 6.45) is 0. The molecule has 1 aromatic carbocycles. The van der Waals surface area contributed by atoms with Crippen LogP contribution in [0.25, 0.3) is 0 Å². The summed E-state index contributed by atoms with van der Waals surface area (Å²) < 4.78 is 5.44. The van der Waals surface area contributed by atoms with Crippen LogP contribution in [-0.2, 0) is 4.79 Å². The lowest BCUT2D eigenvalue weighted by atomic mass is 10.2. The Morgan fingerprint density at radius 2 is 1.95 bits per heavy atom. The Hall–Kier alpha value is -1.01. The Bertz CT molecular complexity index is 513. The van der Waals surface area contributed by atoms with Crippen LogP contribution >= 0.6 is 23.5 Å². The molecule has 1 amide bonds. The minimum absolute atomic E-state index is 0.163. The Morgan fingerprint density at radius 3 is 2.64 bits per heavy atom. The number of nitrogens with zero attached hydrogens (tertiary/aromatic N) is 2. The van der Waals surface area contributed by atoms with Crippen LogP contribution in [0.2, 0.25) is 0 Å². The fraction of sp³-hybridized carbons (Fsp3) is 0.562. The number of benzene rings is 1. The maximum Gasteiger partial charge on any atom is 0.236 e. The predicted octanol–water partition coefficient (Wildman–Crippen LogP) is 2.19. The Balaban J connectivity index is 1.59. The summed E-state index contributed by atoms with van der Waals surface area (Å²) in [4.78, 5) is 16.9.